The Kier molecular flexibility index (Phi) is 0.854. The highest BCUT2D eigenvalue weighted by Crippen LogP contribution is 2.44. The van der Waals surface area contributed by atoms with Crippen molar-refractivity contribution in [3.63, 3.8) is 0 Å². The van der Waals surface area contributed by atoms with Gasteiger partial charge in [-0.05, 0) is 12.8 Å². The Labute approximate surface area is 58.9 Å². The molecule has 3 fully saturated rings. The molecule has 0 aromatic heterocycles. The van der Waals surface area contributed by atoms with Crippen molar-refractivity contribution in [2.24, 2.45) is 0 Å². The highest BCUT2D eigenvalue weighted by Gasteiger charge is 2.59. The van der Waals surface area contributed by atoms with E-state index in [-0.39, 0.29) is 24.4 Å². The molecule has 0 amide bonds. The first-order chi connectivity index (χ1) is 4.86. The Balaban J connectivity index is 1.91. The van der Waals surface area contributed by atoms with Crippen LogP contribution in [0.4, 0.5) is 0 Å². The quantitative estimate of drug-likeness (QED) is 0.471. The van der Waals surface area contributed by atoms with E-state index in [0.717, 1.165) is 12.8 Å². The largest absolute Gasteiger partial charge is 0.388 e. The fourth-order valence-electron chi connectivity index (χ4n) is 2.10. The van der Waals surface area contributed by atoms with Gasteiger partial charge in [0.1, 0.15) is 18.3 Å². The molecular weight excluding hydrogens is 132 g/mol. The predicted molar refractivity (Wildman–Crippen MR) is 32.6 cm³/mol. The number of epoxide rings is 1. The molecule has 0 aromatic rings. The standard InChI is InChI=1S/C7H10O3/c8-5-3-1-2-4(9-3)6-7(5)10-6/h3-8H,1-2H2/t3?,4-,5+,6?,7-/m0/s1. The molecular formula is C7H10O3. The minimum atomic E-state index is -0.344. The van der Waals surface area contributed by atoms with Crippen molar-refractivity contribution in [2.45, 2.75) is 43.4 Å². The van der Waals surface area contributed by atoms with Crippen molar-refractivity contribution in [3.05, 3.63) is 0 Å². The average molecular weight is 142 g/mol. The Bertz CT molecular complexity index is 168. The van der Waals surface area contributed by atoms with E-state index in [0.29, 0.717) is 6.10 Å². The molecule has 3 saturated heterocycles. The van der Waals surface area contributed by atoms with E-state index in [2.05, 4.69) is 0 Å². The first kappa shape index (κ1) is 5.52. The number of hydrogen-bond donors (Lipinski definition) is 1. The van der Waals surface area contributed by atoms with Gasteiger partial charge in [-0.2, -0.15) is 0 Å². The molecule has 10 heavy (non-hydrogen) atoms. The summed E-state index contributed by atoms with van der Waals surface area (Å²) in [7, 11) is 0. The molecule has 2 bridgehead atoms. The summed E-state index contributed by atoms with van der Waals surface area (Å²) in [5.41, 5.74) is 0. The molecule has 1 N–H and O–H groups in total. The van der Waals surface area contributed by atoms with E-state index in [4.69, 9.17) is 9.47 Å². The Morgan fingerprint density at radius 2 is 1.80 bits per heavy atom. The molecule has 3 aliphatic heterocycles. The van der Waals surface area contributed by atoms with Crippen molar-refractivity contribution < 1.29 is 14.6 Å². The van der Waals surface area contributed by atoms with Crippen molar-refractivity contribution in [1.82, 2.24) is 0 Å². The number of rotatable bonds is 0. The Hall–Kier alpha value is -0.120. The summed E-state index contributed by atoms with van der Waals surface area (Å²) < 4.78 is 10.7. The van der Waals surface area contributed by atoms with Crippen LogP contribution in [0.15, 0.2) is 0 Å². The summed E-state index contributed by atoms with van der Waals surface area (Å²) in [6.45, 7) is 0. The molecule has 5 atom stereocenters. The van der Waals surface area contributed by atoms with Crippen molar-refractivity contribution in [3.8, 4) is 0 Å². The van der Waals surface area contributed by atoms with Crippen LogP contribution in [0, 0.1) is 0 Å². The maximum atomic E-state index is 9.46. The van der Waals surface area contributed by atoms with Crippen LogP contribution in [0.3, 0.4) is 0 Å². The molecule has 3 heteroatoms. The minimum absolute atomic E-state index is 0.0775. The highest BCUT2D eigenvalue weighted by molar-refractivity contribution is 5.06. The minimum Gasteiger partial charge on any atom is -0.388 e. The maximum absolute atomic E-state index is 9.46. The van der Waals surface area contributed by atoms with Gasteiger partial charge in [0, 0.05) is 0 Å². The van der Waals surface area contributed by atoms with Gasteiger partial charge in [-0.15, -0.1) is 0 Å². The normalized spacial score (nSPS) is 63.9. The van der Waals surface area contributed by atoms with Gasteiger partial charge in [0.15, 0.2) is 0 Å². The van der Waals surface area contributed by atoms with Crippen LogP contribution in [0.25, 0.3) is 0 Å². The van der Waals surface area contributed by atoms with Gasteiger partial charge in [0.25, 0.3) is 0 Å². The lowest BCUT2D eigenvalue weighted by molar-refractivity contribution is -0.0569. The third-order valence-corrected chi connectivity index (χ3v) is 2.73. The van der Waals surface area contributed by atoms with Gasteiger partial charge in [-0.25, -0.2) is 0 Å². The van der Waals surface area contributed by atoms with Crippen LogP contribution < -0.4 is 0 Å². The van der Waals surface area contributed by atoms with Crippen molar-refractivity contribution >= 4 is 0 Å². The Morgan fingerprint density at radius 3 is 2.70 bits per heavy atom. The lowest BCUT2D eigenvalue weighted by Gasteiger charge is -2.21. The molecule has 3 aliphatic rings. The fourth-order valence-corrected chi connectivity index (χ4v) is 2.10. The summed E-state index contributed by atoms with van der Waals surface area (Å²) in [6, 6.07) is 0. The highest BCUT2D eigenvalue weighted by atomic mass is 16.7. The van der Waals surface area contributed by atoms with Gasteiger partial charge in [-0.3, -0.25) is 0 Å². The number of aliphatic hydroxyl groups is 1. The molecule has 0 radical (unpaired) electrons. The van der Waals surface area contributed by atoms with Gasteiger partial charge in [0.05, 0.1) is 12.2 Å². The van der Waals surface area contributed by atoms with Gasteiger partial charge >= 0.3 is 0 Å². The fraction of sp³-hybridized carbons (Fsp3) is 1.00. The summed E-state index contributed by atoms with van der Waals surface area (Å²) in [4.78, 5) is 0. The molecule has 0 spiro atoms. The van der Waals surface area contributed by atoms with E-state index in [9.17, 15) is 5.11 Å². The molecule has 56 valence electrons. The van der Waals surface area contributed by atoms with Crippen LogP contribution in [0.5, 0.6) is 0 Å². The smallest absolute Gasteiger partial charge is 0.115 e. The van der Waals surface area contributed by atoms with Crippen LogP contribution in [-0.2, 0) is 9.47 Å². The molecule has 2 unspecified atom stereocenters. The van der Waals surface area contributed by atoms with E-state index in [1.54, 1.807) is 0 Å². The zero-order chi connectivity index (χ0) is 6.72. The second-order valence-electron chi connectivity index (χ2n) is 3.35. The lowest BCUT2D eigenvalue weighted by Crippen LogP contribution is -2.38. The lowest BCUT2D eigenvalue weighted by atomic mass is 10.1. The topological polar surface area (TPSA) is 42.0 Å². The van der Waals surface area contributed by atoms with Crippen molar-refractivity contribution in [1.29, 1.82) is 0 Å². The van der Waals surface area contributed by atoms with Gasteiger partial charge in [0.2, 0.25) is 0 Å². The second-order valence-corrected chi connectivity index (χ2v) is 3.35. The van der Waals surface area contributed by atoms with Gasteiger partial charge in [-0.1, -0.05) is 0 Å². The molecule has 3 heterocycles. The molecule has 0 aromatic carbocycles. The van der Waals surface area contributed by atoms with Crippen molar-refractivity contribution in [2.75, 3.05) is 0 Å². The molecule has 0 saturated carbocycles. The van der Waals surface area contributed by atoms with Crippen LogP contribution >= 0.6 is 0 Å². The molecule has 3 rings (SSSR count). The maximum Gasteiger partial charge on any atom is 0.115 e. The van der Waals surface area contributed by atoms with E-state index in [1.165, 1.54) is 0 Å². The number of ether oxygens (including phenoxy) is 2. The summed E-state index contributed by atoms with van der Waals surface area (Å²) in [5.74, 6) is 0. The number of aliphatic hydroxyl groups excluding tert-OH is 1. The Morgan fingerprint density at radius 1 is 1.00 bits per heavy atom. The molecule has 0 aliphatic carbocycles. The first-order valence-corrected chi connectivity index (χ1v) is 3.85. The van der Waals surface area contributed by atoms with Crippen LogP contribution in [0.1, 0.15) is 12.8 Å². The zero-order valence-corrected chi connectivity index (χ0v) is 5.56. The summed E-state index contributed by atoms with van der Waals surface area (Å²) in [6.07, 6.45) is 2.47. The number of hydrogen-bond acceptors (Lipinski definition) is 3. The predicted octanol–water partition coefficient (Wildman–Crippen LogP) is -0.324. The second kappa shape index (κ2) is 1.55. The van der Waals surface area contributed by atoms with E-state index < -0.39 is 0 Å². The van der Waals surface area contributed by atoms with Crippen LogP contribution in [-0.4, -0.2) is 35.6 Å². The average Bonchev–Trinajstić information content (AvgIpc) is 2.61. The summed E-state index contributed by atoms with van der Waals surface area (Å²) >= 11 is 0. The third kappa shape index (κ3) is 0.516. The zero-order valence-electron chi connectivity index (χ0n) is 5.56. The monoisotopic (exact) mass is 142 g/mol. The van der Waals surface area contributed by atoms with E-state index >= 15 is 0 Å². The van der Waals surface area contributed by atoms with Gasteiger partial charge < -0.3 is 14.6 Å². The van der Waals surface area contributed by atoms with E-state index in [1.807, 2.05) is 0 Å². The number of fused-ring (bicyclic) bond motifs is 4. The third-order valence-electron chi connectivity index (χ3n) is 2.73. The molecule has 3 nitrogen and oxygen atoms in total. The SMILES string of the molecule is O[C@@H]1C2CC[C@H](O2)C2O[C@H]21. The summed E-state index contributed by atoms with van der Waals surface area (Å²) in [5, 5.41) is 9.46. The first-order valence-electron chi connectivity index (χ1n) is 3.85. The van der Waals surface area contributed by atoms with Crippen LogP contribution in [0.2, 0.25) is 0 Å².